The Hall–Kier alpha value is -0.570. The summed E-state index contributed by atoms with van der Waals surface area (Å²) in [6.45, 7) is 2.38. The summed E-state index contributed by atoms with van der Waals surface area (Å²) in [5.41, 5.74) is 0. The molecule has 3 nitrogen and oxygen atoms in total. The normalized spacial score (nSPS) is 24.1. The molecule has 92 valence electrons. The highest BCUT2D eigenvalue weighted by atomic mass is 16.5. The van der Waals surface area contributed by atoms with Gasteiger partial charge in [0.25, 0.3) is 0 Å². The number of hydrogen-bond donors (Lipinski definition) is 1. The molecule has 16 heavy (non-hydrogen) atoms. The number of hydrogen-bond acceptors (Lipinski definition) is 3. The number of carbonyl (C=O) groups is 1. The van der Waals surface area contributed by atoms with Crippen molar-refractivity contribution in [3.63, 3.8) is 0 Å². The lowest BCUT2D eigenvalue weighted by atomic mass is 9.84. The van der Waals surface area contributed by atoms with Gasteiger partial charge in [-0.2, -0.15) is 0 Å². The Balaban J connectivity index is 1.91. The van der Waals surface area contributed by atoms with Crippen molar-refractivity contribution in [1.82, 2.24) is 5.32 Å². The Morgan fingerprint density at radius 1 is 1.25 bits per heavy atom. The average molecular weight is 225 g/mol. The molecule has 0 aliphatic heterocycles. The molecule has 0 amide bonds. The van der Waals surface area contributed by atoms with Gasteiger partial charge < -0.3 is 10.1 Å². The smallest absolute Gasteiger partial charge is 0.323 e. The maximum atomic E-state index is 11.9. The molecule has 0 aromatic carbocycles. The lowest BCUT2D eigenvalue weighted by Crippen LogP contribution is -2.45. The van der Waals surface area contributed by atoms with E-state index in [9.17, 15) is 4.79 Å². The fourth-order valence-corrected chi connectivity index (χ4v) is 2.60. The van der Waals surface area contributed by atoms with Crippen LogP contribution in [0.15, 0.2) is 0 Å². The fraction of sp³-hybridized carbons (Fsp3) is 0.923. The molecule has 3 heteroatoms. The SMILES string of the molecule is CCOC(=O)C(NC1CC1)C1CCCCC1. The fourth-order valence-electron chi connectivity index (χ4n) is 2.60. The predicted molar refractivity (Wildman–Crippen MR) is 63.2 cm³/mol. The van der Waals surface area contributed by atoms with Crippen LogP contribution >= 0.6 is 0 Å². The Bertz CT molecular complexity index is 232. The van der Waals surface area contributed by atoms with Gasteiger partial charge in [-0.25, -0.2) is 0 Å². The molecule has 2 rings (SSSR count). The molecule has 2 aliphatic rings. The summed E-state index contributed by atoms with van der Waals surface area (Å²) in [7, 11) is 0. The maximum absolute atomic E-state index is 11.9. The van der Waals surface area contributed by atoms with Crippen molar-refractivity contribution in [3.05, 3.63) is 0 Å². The first-order valence-corrected chi connectivity index (χ1v) is 6.74. The first kappa shape index (κ1) is 11.9. The molecule has 0 aromatic heterocycles. The van der Waals surface area contributed by atoms with E-state index in [4.69, 9.17) is 4.74 Å². The van der Waals surface area contributed by atoms with Crippen molar-refractivity contribution in [2.24, 2.45) is 5.92 Å². The Morgan fingerprint density at radius 2 is 1.94 bits per heavy atom. The topological polar surface area (TPSA) is 38.3 Å². The summed E-state index contributed by atoms with van der Waals surface area (Å²) in [5, 5.41) is 3.47. The summed E-state index contributed by atoms with van der Waals surface area (Å²) in [4.78, 5) is 11.9. The van der Waals surface area contributed by atoms with Crippen LogP contribution < -0.4 is 5.32 Å². The zero-order valence-corrected chi connectivity index (χ0v) is 10.2. The van der Waals surface area contributed by atoms with E-state index in [1.807, 2.05) is 6.92 Å². The van der Waals surface area contributed by atoms with Gasteiger partial charge in [0.1, 0.15) is 6.04 Å². The van der Waals surface area contributed by atoms with Gasteiger partial charge in [-0.05, 0) is 38.5 Å². The van der Waals surface area contributed by atoms with Crippen LogP contribution in [0.2, 0.25) is 0 Å². The van der Waals surface area contributed by atoms with Gasteiger partial charge >= 0.3 is 5.97 Å². The Kier molecular flexibility index (Phi) is 4.22. The highest BCUT2D eigenvalue weighted by Crippen LogP contribution is 2.29. The first-order valence-electron chi connectivity index (χ1n) is 6.74. The predicted octanol–water partition coefficient (Wildman–Crippen LogP) is 2.25. The second-order valence-corrected chi connectivity index (χ2v) is 5.07. The maximum Gasteiger partial charge on any atom is 0.323 e. The van der Waals surface area contributed by atoms with Gasteiger partial charge in [0.15, 0.2) is 0 Å². The summed E-state index contributed by atoms with van der Waals surface area (Å²) in [6, 6.07) is 0.545. The van der Waals surface area contributed by atoms with Crippen LogP contribution in [-0.2, 0) is 9.53 Å². The molecule has 2 saturated carbocycles. The van der Waals surface area contributed by atoms with E-state index < -0.39 is 0 Å². The van der Waals surface area contributed by atoms with Crippen LogP contribution in [0.4, 0.5) is 0 Å². The molecule has 1 unspecified atom stereocenters. The molecular formula is C13H23NO2. The van der Waals surface area contributed by atoms with Crippen LogP contribution in [0.25, 0.3) is 0 Å². The quantitative estimate of drug-likeness (QED) is 0.729. The van der Waals surface area contributed by atoms with Crippen LogP contribution in [0.5, 0.6) is 0 Å². The number of ether oxygens (including phenoxy) is 1. The molecule has 0 spiro atoms. The lowest BCUT2D eigenvalue weighted by molar-refractivity contribution is -0.147. The van der Waals surface area contributed by atoms with Crippen LogP contribution in [0, 0.1) is 5.92 Å². The molecule has 0 radical (unpaired) electrons. The number of rotatable bonds is 5. The standard InChI is InChI=1S/C13H23NO2/c1-2-16-13(15)12(14-11-8-9-11)10-6-4-3-5-7-10/h10-12,14H,2-9H2,1H3. The second kappa shape index (κ2) is 5.67. The molecule has 2 fully saturated rings. The van der Waals surface area contributed by atoms with E-state index >= 15 is 0 Å². The largest absolute Gasteiger partial charge is 0.465 e. The van der Waals surface area contributed by atoms with Crippen molar-refractivity contribution in [2.75, 3.05) is 6.61 Å². The lowest BCUT2D eigenvalue weighted by Gasteiger charge is -2.29. The van der Waals surface area contributed by atoms with Gasteiger partial charge in [0.2, 0.25) is 0 Å². The zero-order valence-electron chi connectivity index (χ0n) is 10.2. The van der Waals surface area contributed by atoms with Crippen molar-refractivity contribution in [2.45, 2.75) is 64.0 Å². The van der Waals surface area contributed by atoms with Gasteiger partial charge in [0.05, 0.1) is 6.61 Å². The summed E-state index contributed by atoms with van der Waals surface area (Å²) >= 11 is 0. The number of carbonyl (C=O) groups excluding carboxylic acids is 1. The van der Waals surface area contributed by atoms with E-state index in [0.29, 0.717) is 18.6 Å². The van der Waals surface area contributed by atoms with E-state index in [1.54, 1.807) is 0 Å². The summed E-state index contributed by atoms with van der Waals surface area (Å²) in [5.74, 6) is 0.481. The Labute approximate surface area is 97.9 Å². The van der Waals surface area contributed by atoms with Gasteiger partial charge in [0, 0.05) is 6.04 Å². The minimum atomic E-state index is -0.0345. The molecule has 1 atom stereocenters. The van der Waals surface area contributed by atoms with Crippen molar-refractivity contribution >= 4 is 5.97 Å². The zero-order chi connectivity index (χ0) is 11.4. The van der Waals surface area contributed by atoms with E-state index in [0.717, 1.165) is 0 Å². The molecule has 0 saturated heterocycles. The van der Waals surface area contributed by atoms with Crippen molar-refractivity contribution in [1.29, 1.82) is 0 Å². The van der Waals surface area contributed by atoms with Crippen LogP contribution in [-0.4, -0.2) is 24.7 Å². The summed E-state index contributed by atoms with van der Waals surface area (Å²) < 4.78 is 5.18. The summed E-state index contributed by atoms with van der Waals surface area (Å²) in [6.07, 6.45) is 8.69. The average Bonchev–Trinajstić information content (AvgIpc) is 3.11. The minimum absolute atomic E-state index is 0.0266. The third-order valence-corrected chi connectivity index (χ3v) is 3.65. The highest BCUT2D eigenvalue weighted by Gasteiger charge is 2.35. The minimum Gasteiger partial charge on any atom is -0.465 e. The van der Waals surface area contributed by atoms with E-state index in [-0.39, 0.29) is 12.0 Å². The molecule has 0 bridgehead atoms. The third-order valence-electron chi connectivity index (χ3n) is 3.65. The second-order valence-electron chi connectivity index (χ2n) is 5.07. The van der Waals surface area contributed by atoms with Crippen molar-refractivity contribution in [3.8, 4) is 0 Å². The molecular weight excluding hydrogens is 202 g/mol. The highest BCUT2D eigenvalue weighted by molar-refractivity contribution is 5.76. The van der Waals surface area contributed by atoms with E-state index in [2.05, 4.69) is 5.32 Å². The van der Waals surface area contributed by atoms with Crippen molar-refractivity contribution < 1.29 is 9.53 Å². The van der Waals surface area contributed by atoms with Crippen LogP contribution in [0.3, 0.4) is 0 Å². The third kappa shape index (κ3) is 3.21. The molecule has 0 heterocycles. The first-order chi connectivity index (χ1) is 7.81. The molecule has 2 aliphatic carbocycles. The van der Waals surface area contributed by atoms with E-state index in [1.165, 1.54) is 44.9 Å². The number of esters is 1. The van der Waals surface area contributed by atoms with Gasteiger partial charge in [-0.1, -0.05) is 19.3 Å². The Morgan fingerprint density at radius 3 is 2.50 bits per heavy atom. The van der Waals surface area contributed by atoms with Crippen LogP contribution in [0.1, 0.15) is 51.9 Å². The molecule has 0 aromatic rings. The molecule has 1 N–H and O–H groups in total. The number of nitrogens with one attached hydrogen (secondary N) is 1. The van der Waals surface area contributed by atoms with Gasteiger partial charge in [-0.3, -0.25) is 4.79 Å². The van der Waals surface area contributed by atoms with Gasteiger partial charge in [-0.15, -0.1) is 0 Å². The monoisotopic (exact) mass is 225 g/mol.